The molecule has 11 heteroatoms. The minimum absolute atomic E-state index is 0.195. The molecule has 1 unspecified atom stereocenters. The predicted molar refractivity (Wildman–Crippen MR) is 106 cm³/mol. The number of piperidine rings is 1. The largest absolute Gasteiger partial charge is 0.442 e. The second-order valence-corrected chi connectivity index (χ2v) is 7.61. The first kappa shape index (κ1) is 20.0. The highest BCUT2D eigenvalue weighted by atomic mass is 19.1. The lowest BCUT2D eigenvalue weighted by atomic mass is 9.95. The van der Waals surface area contributed by atoms with E-state index in [0.717, 1.165) is 18.7 Å². The molecule has 0 bridgehead atoms. The van der Waals surface area contributed by atoms with Gasteiger partial charge in [-0.2, -0.15) is 0 Å². The summed E-state index contributed by atoms with van der Waals surface area (Å²) in [5.74, 6) is 0.527. The number of aryl methyl sites for hydroxylation is 1. The van der Waals surface area contributed by atoms with Crippen molar-refractivity contribution in [3.05, 3.63) is 29.8 Å². The molecule has 10 nitrogen and oxygen atoms in total. The standard InChI is InChI=1S/C19H24FN7O3/c1-12(28)21-10-15-11-27(19(29)30-15)14-3-4-17(16(20)9-14)26-7-5-13(6-8-26)18-22-23-24-25(18)2/h3-4,9,13,15H,5-8,10-11H2,1-2H3,(H,21,28). The summed E-state index contributed by atoms with van der Waals surface area (Å²) in [5.41, 5.74) is 0.947. The zero-order valence-corrected chi connectivity index (χ0v) is 16.9. The molecule has 30 heavy (non-hydrogen) atoms. The molecule has 2 amide bonds. The lowest BCUT2D eigenvalue weighted by molar-refractivity contribution is -0.119. The molecule has 2 saturated heterocycles. The van der Waals surface area contributed by atoms with Gasteiger partial charge in [0.1, 0.15) is 11.9 Å². The summed E-state index contributed by atoms with van der Waals surface area (Å²) in [6.07, 6.45) is 0.658. The molecular weight excluding hydrogens is 393 g/mol. The SMILES string of the molecule is CC(=O)NCC1CN(c2ccc(N3CCC(c4nnnn4C)CC3)c(F)c2)C(=O)O1. The van der Waals surface area contributed by atoms with Crippen LogP contribution in [0.25, 0.3) is 0 Å². The van der Waals surface area contributed by atoms with E-state index in [1.807, 2.05) is 11.9 Å². The summed E-state index contributed by atoms with van der Waals surface area (Å²) >= 11 is 0. The fraction of sp³-hybridized carbons (Fsp3) is 0.526. The summed E-state index contributed by atoms with van der Waals surface area (Å²) in [6, 6.07) is 4.78. The molecule has 2 aliphatic heterocycles. The number of amides is 2. The summed E-state index contributed by atoms with van der Waals surface area (Å²) < 4.78 is 21.8. The quantitative estimate of drug-likeness (QED) is 0.779. The fourth-order valence-electron chi connectivity index (χ4n) is 3.98. The number of halogens is 1. The molecule has 0 saturated carbocycles. The topological polar surface area (TPSA) is 105 Å². The van der Waals surface area contributed by atoms with E-state index in [1.54, 1.807) is 16.8 Å². The molecule has 1 aromatic carbocycles. The number of nitrogens with zero attached hydrogens (tertiary/aromatic N) is 6. The summed E-state index contributed by atoms with van der Waals surface area (Å²) in [6.45, 7) is 3.27. The number of hydrogen-bond acceptors (Lipinski definition) is 7. The Bertz CT molecular complexity index is 942. The Labute approximate surface area is 173 Å². The normalized spacial score (nSPS) is 19.8. The van der Waals surface area contributed by atoms with Crippen molar-refractivity contribution >= 4 is 23.4 Å². The van der Waals surface area contributed by atoms with Crippen LogP contribution in [0, 0.1) is 5.82 Å². The van der Waals surface area contributed by atoms with E-state index in [9.17, 15) is 14.0 Å². The second-order valence-electron chi connectivity index (χ2n) is 7.61. The van der Waals surface area contributed by atoms with Crippen molar-refractivity contribution in [3.63, 3.8) is 0 Å². The minimum atomic E-state index is -0.546. The Kier molecular flexibility index (Phi) is 5.51. The Morgan fingerprint density at radius 2 is 2.10 bits per heavy atom. The van der Waals surface area contributed by atoms with Crippen LogP contribution in [0.3, 0.4) is 0 Å². The molecule has 0 spiro atoms. The average molecular weight is 417 g/mol. The number of aromatic nitrogens is 4. The first-order valence-electron chi connectivity index (χ1n) is 9.91. The van der Waals surface area contributed by atoms with E-state index in [4.69, 9.17) is 4.74 Å². The third kappa shape index (κ3) is 4.05. The highest BCUT2D eigenvalue weighted by Crippen LogP contribution is 2.32. The van der Waals surface area contributed by atoms with Gasteiger partial charge in [-0.15, -0.1) is 5.10 Å². The number of rotatable bonds is 5. The molecule has 2 aromatic rings. The number of carbonyl (C=O) groups excluding carboxylic acids is 2. The zero-order chi connectivity index (χ0) is 21.3. The van der Waals surface area contributed by atoms with E-state index in [1.165, 1.54) is 17.9 Å². The first-order chi connectivity index (χ1) is 14.4. The molecule has 0 radical (unpaired) electrons. The summed E-state index contributed by atoms with van der Waals surface area (Å²) in [5, 5.41) is 14.3. The molecule has 0 aliphatic carbocycles. The smallest absolute Gasteiger partial charge is 0.414 e. The minimum Gasteiger partial charge on any atom is -0.442 e. The van der Waals surface area contributed by atoms with Crippen molar-refractivity contribution in [2.75, 3.05) is 36.0 Å². The van der Waals surface area contributed by atoms with Crippen LogP contribution in [0.5, 0.6) is 0 Å². The van der Waals surface area contributed by atoms with E-state index in [-0.39, 0.29) is 30.7 Å². The van der Waals surface area contributed by atoms with E-state index in [2.05, 4.69) is 20.8 Å². The van der Waals surface area contributed by atoms with Crippen molar-refractivity contribution in [2.24, 2.45) is 7.05 Å². The molecular formula is C19H24FN7O3. The van der Waals surface area contributed by atoms with Crippen molar-refractivity contribution in [1.82, 2.24) is 25.5 Å². The lowest BCUT2D eigenvalue weighted by Gasteiger charge is -2.33. The maximum atomic E-state index is 14.9. The molecule has 1 atom stereocenters. The van der Waals surface area contributed by atoms with Gasteiger partial charge in [-0.3, -0.25) is 9.69 Å². The van der Waals surface area contributed by atoms with Crippen LogP contribution in [-0.2, 0) is 16.6 Å². The van der Waals surface area contributed by atoms with Gasteiger partial charge in [0.2, 0.25) is 5.91 Å². The molecule has 1 aromatic heterocycles. The number of carbonyl (C=O) groups is 2. The molecule has 160 valence electrons. The molecule has 3 heterocycles. The van der Waals surface area contributed by atoms with Crippen molar-refractivity contribution in [1.29, 1.82) is 0 Å². The number of tetrazole rings is 1. The second kappa shape index (κ2) is 8.25. The third-order valence-electron chi connectivity index (χ3n) is 5.55. The lowest BCUT2D eigenvalue weighted by Crippen LogP contribution is -2.34. The highest BCUT2D eigenvalue weighted by Gasteiger charge is 2.33. The maximum Gasteiger partial charge on any atom is 0.414 e. The van der Waals surface area contributed by atoms with Crippen LogP contribution >= 0.6 is 0 Å². The monoisotopic (exact) mass is 417 g/mol. The first-order valence-corrected chi connectivity index (χ1v) is 9.91. The number of ether oxygens (including phenoxy) is 1. The van der Waals surface area contributed by atoms with Crippen molar-refractivity contribution in [3.8, 4) is 0 Å². The molecule has 4 rings (SSSR count). The summed E-state index contributed by atoms with van der Waals surface area (Å²) in [4.78, 5) is 26.6. The Balaban J connectivity index is 1.40. The van der Waals surface area contributed by atoms with Crippen molar-refractivity contribution in [2.45, 2.75) is 31.8 Å². The van der Waals surface area contributed by atoms with Gasteiger partial charge in [0.05, 0.1) is 24.5 Å². The van der Waals surface area contributed by atoms with Gasteiger partial charge in [0.25, 0.3) is 0 Å². The van der Waals surface area contributed by atoms with Gasteiger partial charge in [0.15, 0.2) is 5.82 Å². The Hall–Kier alpha value is -3.24. The molecule has 2 fully saturated rings. The van der Waals surface area contributed by atoms with Gasteiger partial charge >= 0.3 is 6.09 Å². The fourth-order valence-corrected chi connectivity index (χ4v) is 3.98. The van der Waals surface area contributed by atoms with Crippen LogP contribution in [0.4, 0.5) is 20.6 Å². The predicted octanol–water partition coefficient (Wildman–Crippen LogP) is 1.19. The van der Waals surface area contributed by atoms with Gasteiger partial charge in [-0.1, -0.05) is 0 Å². The third-order valence-corrected chi connectivity index (χ3v) is 5.55. The van der Waals surface area contributed by atoms with Crippen molar-refractivity contribution < 1.29 is 18.7 Å². The van der Waals surface area contributed by atoms with E-state index in [0.29, 0.717) is 24.5 Å². The van der Waals surface area contributed by atoms with E-state index < -0.39 is 12.2 Å². The Morgan fingerprint density at radius 1 is 1.33 bits per heavy atom. The number of cyclic esters (lactones) is 1. The van der Waals surface area contributed by atoms with E-state index >= 15 is 0 Å². The average Bonchev–Trinajstić information content (AvgIpc) is 3.32. The van der Waals surface area contributed by atoms with Crippen LogP contribution in [0.15, 0.2) is 18.2 Å². The number of hydrogen-bond donors (Lipinski definition) is 1. The van der Waals surface area contributed by atoms with Gasteiger partial charge in [0, 0.05) is 33.0 Å². The Morgan fingerprint density at radius 3 is 2.73 bits per heavy atom. The van der Waals surface area contributed by atoms with Crippen LogP contribution in [0.1, 0.15) is 31.5 Å². The number of nitrogens with one attached hydrogen (secondary N) is 1. The zero-order valence-electron chi connectivity index (χ0n) is 16.9. The van der Waals surface area contributed by atoms with Gasteiger partial charge < -0.3 is 15.0 Å². The van der Waals surface area contributed by atoms with Crippen LogP contribution in [-0.4, -0.2) is 64.5 Å². The number of anilines is 2. The summed E-state index contributed by atoms with van der Waals surface area (Å²) in [7, 11) is 1.82. The maximum absolute atomic E-state index is 14.9. The van der Waals surface area contributed by atoms with Gasteiger partial charge in [-0.05, 0) is 41.5 Å². The number of benzene rings is 1. The van der Waals surface area contributed by atoms with Crippen LogP contribution < -0.4 is 15.1 Å². The molecule has 2 aliphatic rings. The van der Waals surface area contributed by atoms with Crippen LogP contribution in [0.2, 0.25) is 0 Å². The highest BCUT2D eigenvalue weighted by molar-refractivity contribution is 5.90. The molecule has 1 N–H and O–H groups in total. The van der Waals surface area contributed by atoms with Gasteiger partial charge in [-0.25, -0.2) is 13.9 Å².